The minimum atomic E-state index is -1.13. The fourth-order valence-electron chi connectivity index (χ4n) is 2.37. The number of aromatic nitrogens is 1. The summed E-state index contributed by atoms with van der Waals surface area (Å²) in [6.45, 7) is 0. The number of carboxylic acids is 1. The van der Waals surface area contributed by atoms with E-state index in [1.807, 2.05) is 0 Å². The average molecular weight is 327 g/mol. The number of aliphatic carboxylic acids is 1. The molecule has 1 aromatic heterocycles. The van der Waals surface area contributed by atoms with Gasteiger partial charge >= 0.3 is 5.97 Å². The number of nitrogens with zero attached hydrogens (tertiary/aromatic N) is 1. The average Bonchev–Trinajstić information content (AvgIpc) is 2.39. The number of rotatable bonds is 3. The summed E-state index contributed by atoms with van der Waals surface area (Å²) in [5.74, 6) is -1.35. The van der Waals surface area contributed by atoms with Gasteiger partial charge in [-0.25, -0.2) is 4.79 Å². The van der Waals surface area contributed by atoms with Gasteiger partial charge in [0, 0.05) is 16.9 Å². The molecule has 19 heavy (non-hydrogen) atoms. The van der Waals surface area contributed by atoms with E-state index in [0.717, 1.165) is 19.3 Å². The molecule has 0 unspecified atom stereocenters. The lowest BCUT2D eigenvalue weighted by atomic mass is 9.81. The Morgan fingerprint density at radius 3 is 2.53 bits per heavy atom. The standard InChI is InChI=1S/C13H15BrN2O3/c14-10-6-9(7-15-8-10)11(17)16-13(12(18)19)4-2-1-3-5-13/h6-8H,1-5H2,(H,16,17)(H,18,19). The highest BCUT2D eigenvalue weighted by Crippen LogP contribution is 2.29. The molecule has 0 bridgehead atoms. The Balaban J connectivity index is 2.18. The van der Waals surface area contributed by atoms with Crippen molar-refractivity contribution < 1.29 is 14.7 Å². The molecule has 0 aromatic carbocycles. The van der Waals surface area contributed by atoms with E-state index in [-0.39, 0.29) is 0 Å². The first kappa shape index (κ1) is 14.0. The summed E-state index contributed by atoms with van der Waals surface area (Å²) in [6.07, 6.45) is 6.63. The van der Waals surface area contributed by atoms with E-state index < -0.39 is 17.4 Å². The number of hydrogen-bond acceptors (Lipinski definition) is 3. The maximum Gasteiger partial charge on any atom is 0.329 e. The minimum absolute atomic E-state index is 0.362. The maximum absolute atomic E-state index is 12.1. The Kier molecular flexibility index (Phi) is 4.19. The lowest BCUT2D eigenvalue weighted by molar-refractivity contribution is -0.145. The Labute approximate surface area is 119 Å². The molecule has 0 radical (unpaired) electrons. The molecule has 0 atom stereocenters. The van der Waals surface area contributed by atoms with E-state index in [4.69, 9.17) is 0 Å². The molecule has 1 heterocycles. The van der Waals surface area contributed by atoms with Crippen molar-refractivity contribution in [3.63, 3.8) is 0 Å². The fraction of sp³-hybridized carbons (Fsp3) is 0.462. The van der Waals surface area contributed by atoms with E-state index in [1.54, 1.807) is 12.3 Å². The van der Waals surface area contributed by atoms with Crippen LogP contribution in [0.1, 0.15) is 42.5 Å². The highest BCUT2D eigenvalue weighted by Gasteiger charge is 2.41. The Morgan fingerprint density at radius 2 is 1.95 bits per heavy atom. The molecule has 5 nitrogen and oxygen atoms in total. The second-order valence-electron chi connectivity index (χ2n) is 4.79. The fourth-order valence-corrected chi connectivity index (χ4v) is 2.74. The number of pyridine rings is 1. The van der Waals surface area contributed by atoms with Crippen LogP contribution < -0.4 is 5.32 Å². The summed E-state index contributed by atoms with van der Waals surface area (Å²) in [5.41, 5.74) is -0.766. The first-order chi connectivity index (χ1) is 9.03. The van der Waals surface area contributed by atoms with Crippen molar-refractivity contribution in [2.45, 2.75) is 37.6 Å². The Bertz CT molecular complexity index is 498. The largest absolute Gasteiger partial charge is 0.480 e. The molecule has 1 aliphatic carbocycles. The van der Waals surface area contributed by atoms with Crippen LogP contribution in [0.3, 0.4) is 0 Å². The first-order valence-electron chi connectivity index (χ1n) is 6.20. The molecule has 1 fully saturated rings. The molecule has 102 valence electrons. The normalized spacial score (nSPS) is 17.7. The lowest BCUT2D eigenvalue weighted by Gasteiger charge is -2.33. The zero-order valence-corrected chi connectivity index (χ0v) is 11.9. The monoisotopic (exact) mass is 326 g/mol. The molecule has 1 aromatic rings. The second-order valence-corrected chi connectivity index (χ2v) is 5.71. The van der Waals surface area contributed by atoms with Crippen LogP contribution >= 0.6 is 15.9 Å². The molecular formula is C13H15BrN2O3. The molecule has 2 N–H and O–H groups in total. The number of carbonyl (C=O) groups excluding carboxylic acids is 1. The van der Waals surface area contributed by atoms with Gasteiger partial charge in [0.15, 0.2) is 0 Å². The van der Waals surface area contributed by atoms with E-state index in [0.29, 0.717) is 22.9 Å². The van der Waals surface area contributed by atoms with Gasteiger partial charge in [-0.15, -0.1) is 0 Å². The molecule has 6 heteroatoms. The molecule has 1 amide bonds. The molecule has 0 aliphatic heterocycles. The number of amides is 1. The summed E-state index contributed by atoms with van der Waals surface area (Å²) in [5, 5.41) is 12.1. The second kappa shape index (κ2) is 5.69. The topological polar surface area (TPSA) is 79.3 Å². The number of carbonyl (C=O) groups is 2. The molecule has 0 saturated heterocycles. The summed E-state index contributed by atoms with van der Waals surface area (Å²) in [4.78, 5) is 27.5. The molecule has 1 saturated carbocycles. The lowest BCUT2D eigenvalue weighted by Crippen LogP contribution is -2.55. The van der Waals surface area contributed by atoms with Gasteiger partial charge in [-0.3, -0.25) is 9.78 Å². The van der Waals surface area contributed by atoms with Gasteiger partial charge in [0.1, 0.15) is 5.54 Å². The van der Waals surface area contributed by atoms with Crippen LogP contribution in [0.4, 0.5) is 0 Å². The third-order valence-electron chi connectivity index (χ3n) is 3.44. The number of carboxylic acid groups (broad SMARTS) is 1. The predicted octanol–water partition coefficient (Wildman–Crippen LogP) is 2.36. The summed E-state index contributed by atoms with van der Waals surface area (Å²) >= 11 is 3.24. The van der Waals surface area contributed by atoms with E-state index in [2.05, 4.69) is 26.2 Å². The van der Waals surface area contributed by atoms with Gasteiger partial charge in [0.25, 0.3) is 5.91 Å². The van der Waals surface area contributed by atoms with Crippen LogP contribution in [-0.4, -0.2) is 27.5 Å². The van der Waals surface area contributed by atoms with Crippen molar-refractivity contribution >= 4 is 27.8 Å². The SMILES string of the molecule is O=C(NC1(C(=O)O)CCCCC1)c1cncc(Br)c1. The van der Waals surface area contributed by atoms with Crippen LogP contribution in [0.2, 0.25) is 0 Å². The summed E-state index contributed by atoms with van der Waals surface area (Å²) in [6, 6.07) is 1.63. The third-order valence-corrected chi connectivity index (χ3v) is 3.87. The van der Waals surface area contributed by atoms with Gasteiger partial charge < -0.3 is 10.4 Å². The number of halogens is 1. The summed E-state index contributed by atoms with van der Waals surface area (Å²) < 4.78 is 0.688. The van der Waals surface area contributed by atoms with Gasteiger partial charge in [0.2, 0.25) is 0 Å². The van der Waals surface area contributed by atoms with Gasteiger partial charge in [-0.1, -0.05) is 19.3 Å². The number of hydrogen-bond donors (Lipinski definition) is 2. The molecule has 2 rings (SSSR count). The van der Waals surface area contributed by atoms with Gasteiger partial charge in [-0.05, 0) is 34.8 Å². The number of nitrogens with one attached hydrogen (secondary N) is 1. The third kappa shape index (κ3) is 3.12. The van der Waals surface area contributed by atoms with Crippen molar-refractivity contribution in [1.29, 1.82) is 0 Å². The highest BCUT2D eigenvalue weighted by atomic mass is 79.9. The first-order valence-corrected chi connectivity index (χ1v) is 6.99. The zero-order chi connectivity index (χ0) is 13.9. The van der Waals surface area contributed by atoms with E-state index in [9.17, 15) is 14.7 Å². The Morgan fingerprint density at radius 1 is 1.26 bits per heavy atom. The Hall–Kier alpha value is -1.43. The highest BCUT2D eigenvalue weighted by molar-refractivity contribution is 9.10. The summed E-state index contributed by atoms with van der Waals surface area (Å²) in [7, 11) is 0. The van der Waals surface area contributed by atoms with Crippen LogP contribution in [0, 0.1) is 0 Å². The van der Waals surface area contributed by atoms with Crippen molar-refractivity contribution in [3.8, 4) is 0 Å². The van der Waals surface area contributed by atoms with Crippen molar-refractivity contribution in [3.05, 3.63) is 28.5 Å². The van der Waals surface area contributed by atoms with Crippen molar-refractivity contribution in [2.24, 2.45) is 0 Å². The maximum atomic E-state index is 12.1. The smallest absolute Gasteiger partial charge is 0.329 e. The molecule has 1 aliphatic rings. The quantitative estimate of drug-likeness (QED) is 0.893. The van der Waals surface area contributed by atoms with Gasteiger partial charge in [-0.2, -0.15) is 0 Å². The molecular weight excluding hydrogens is 312 g/mol. The van der Waals surface area contributed by atoms with Crippen LogP contribution in [0.25, 0.3) is 0 Å². The van der Waals surface area contributed by atoms with Crippen LogP contribution in [0.5, 0.6) is 0 Å². The van der Waals surface area contributed by atoms with Crippen molar-refractivity contribution in [2.75, 3.05) is 0 Å². The zero-order valence-electron chi connectivity index (χ0n) is 10.4. The van der Waals surface area contributed by atoms with Crippen molar-refractivity contribution in [1.82, 2.24) is 10.3 Å². The van der Waals surface area contributed by atoms with Crippen LogP contribution in [-0.2, 0) is 4.79 Å². The van der Waals surface area contributed by atoms with Crippen LogP contribution in [0.15, 0.2) is 22.9 Å². The minimum Gasteiger partial charge on any atom is -0.480 e. The van der Waals surface area contributed by atoms with E-state index in [1.165, 1.54) is 6.20 Å². The predicted molar refractivity (Wildman–Crippen MR) is 72.9 cm³/mol. The molecule has 0 spiro atoms. The van der Waals surface area contributed by atoms with Gasteiger partial charge in [0.05, 0.1) is 5.56 Å². The van der Waals surface area contributed by atoms with E-state index >= 15 is 0 Å².